The zero-order valence-corrected chi connectivity index (χ0v) is 14.9. The number of phenols is 1. The van der Waals surface area contributed by atoms with E-state index in [4.69, 9.17) is 4.74 Å². The van der Waals surface area contributed by atoms with E-state index in [1.807, 2.05) is 24.3 Å². The van der Waals surface area contributed by atoms with E-state index in [-0.39, 0.29) is 22.1 Å². The van der Waals surface area contributed by atoms with Crippen molar-refractivity contribution in [1.29, 1.82) is 0 Å². The third-order valence-electron chi connectivity index (χ3n) is 3.89. The SMILES string of the molecule is COc1cc(S(=O)(=O)O)c(C)cc1N=Nc1c(O)ccc2ccccc12. The number of nitrogens with zero attached hydrogens (tertiary/aromatic N) is 2. The molecule has 0 atom stereocenters. The van der Waals surface area contributed by atoms with E-state index in [1.54, 1.807) is 6.07 Å². The second kappa shape index (κ2) is 6.74. The lowest BCUT2D eigenvalue weighted by molar-refractivity contribution is 0.413. The number of aromatic hydroxyl groups is 1. The first-order valence-electron chi connectivity index (χ1n) is 7.60. The average molecular weight is 372 g/mol. The Bertz CT molecular complexity index is 1120. The zero-order valence-electron chi connectivity index (χ0n) is 14.0. The predicted octanol–water partition coefficient (Wildman–Crippen LogP) is 4.52. The monoisotopic (exact) mass is 372 g/mol. The fourth-order valence-corrected chi connectivity index (χ4v) is 3.35. The molecule has 3 aromatic carbocycles. The first-order chi connectivity index (χ1) is 12.3. The number of aryl methyl sites for hydroxylation is 1. The Morgan fingerprint density at radius 1 is 1.04 bits per heavy atom. The van der Waals surface area contributed by atoms with Gasteiger partial charge in [-0.2, -0.15) is 8.42 Å². The Kier molecular flexibility index (Phi) is 4.62. The Balaban J connectivity index is 2.13. The van der Waals surface area contributed by atoms with Crippen LogP contribution in [0.5, 0.6) is 11.5 Å². The number of hydrogen-bond donors (Lipinski definition) is 2. The fraction of sp³-hybridized carbons (Fsp3) is 0.111. The van der Waals surface area contributed by atoms with Crippen LogP contribution in [-0.4, -0.2) is 25.2 Å². The van der Waals surface area contributed by atoms with E-state index < -0.39 is 10.1 Å². The third-order valence-corrected chi connectivity index (χ3v) is 4.89. The Labute approximate surface area is 150 Å². The molecule has 0 aromatic heterocycles. The molecule has 134 valence electrons. The summed E-state index contributed by atoms with van der Waals surface area (Å²) in [4.78, 5) is -0.263. The van der Waals surface area contributed by atoms with Crippen LogP contribution in [0.25, 0.3) is 10.8 Å². The van der Waals surface area contributed by atoms with E-state index in [9.17, 15) is 18.1 Å². The molecule has 0 saturated heterocycles. The van der Waals surface area contributed by atoms with E-state index in [1.165, 1.54) is 32.2 Å². The van der Waals surface area contributed by atoms with E-state index in [2.05, 4.69) is 10.2 Å². The molecule has 7 nitrogen and oxygen atoms in total. The van der Waals surface area contributed by atoms with Crippen molar-refractivity contribution >= 4 is 32.3 Å². The van der Waals surface area contributed by atoms with Crippen molar-refractivity contribution in [3.63, 3.8) is 0 Å². The molecule has 0 amide bonds. The van der Waals surface area contributed by atoms with Gasteiger partial charge in [-0.25, -0.2) is 0 Å². The van der Waals surface area contributed by atoms with Gasteiger partial charge in [0.15, 0.2) is 0 Å². The van der Waals surface area contributed by atoms with Gasteiger partial charge < -0.3 is 9.84 Å². The fourth-order valence-electron chi connectivity index (χ4n) is 2.63. The molecule has 0 aliphatic heterocycles. The summed E-state index contributed by atoms with van der Waals surface area (Å²) in [5.74, 6) is 0.101. The Morgan fingerprint density at radius 3 is 2.46 bits per heavy atom. The molecule has 2 N–H and O–H groups in total. The van der Waals surface area contributed by atoms with Gasteiger partial charge in [0, 0.05) is 11.5 Å². The molecule has 0 aliphatic rings. The number of benzene rings is 3. The lowest BCUT2D eigenvalue weighted by atomic mass is 10.1. The predicted molar refractivity (Wildman–Crippen MR) is 97.3 cm³/mol. The average Bonchev–Trinajstić information content (AvgIpc) is 2.60. The molecular weight excluding hydrogens is 356 g/mol. The van der Waals surface area contributed by atoms with Crippen LogP contribution in [0.4, 0.5) is 11.4 Å². The summed E-state index contributed by atoms with van der Waals surface area (Å²) in [6.07, 6.45) is 0. The Hall–Kier alpha value is -2.97. The van der Waals surface area contributed by atoms with Crippen LogP contribution in [0.2, 0.25) is 0 Å². The second-order valence-electron chi connectivity index (χ2n) is 5.62. The number of rotatable bonds is 4. The summed E-state index contributed by atoms with van der Waals surface area (Å²) >= 11 is 0. The maximum absolute atomic E-state index is 11.4. The minimum atomic E-state index is -4.38. The summed E-state index contributed by atoms with van der Waals surface area (Å²) < 4.78 is 37.3. The smallest absolute Gasteiger partial charge is 0.294 e. The standard InChI is InChI=1S/C18H16N2O5S/c1-11-9-14(16(25-2)10-17(11)26(22,23)24)19-20-18-13-6-4-3-5-12(13)7-8-15(18)21/h3-10,21H,1-2H3,(H,22,23,24). The van der Waals surface area contributed by atoms with Crippen LogP contribution in [0.1, 0.15) is 5.56 Å². The lowest BCUT2D eigenvalue weighted by Crippen LogP contribution is -2.01. The van der Waals surface area contributed by atoms with Crippen LogP contribution in [-0.2, 0) is 10.1 Å². The number of methoxy groups -OCH3 is 1. The molecule has 0 bridgehead atoms. The molecule has 0 aliphatic carbocycles. The summed E-state index contributed by atoms with van der Waals surface area (Å²) in [7, 11) is -3.02. The molecule has 0 spiro atoms. The van der Waals surface area contributed by atoms with E-state index in [0.717, 1.165) is 10.8 Å². The lowest BCUT2D eigenvalue weighted by Gasteiger charge is -2.09. The third kappa shape index (κ3) is 3.37. The number of fused-ring (bicyclic) bond motifs is 1. The molecule has 0 fully saturated rings. The molecule has 26 heavy (non-hydrogen) atoms. The van der Waals surface area contributed by atoms with Gasteiger partial charge in [0.2, 0.25) is 0 Å². The van der Waals surface area contributed by atoms with Gasteiger partial charge in [-0.05, 0) is 30.0 Å². The van der Waals surface area contributed by atoms with Crippen molar-refractivity contribution in [3.05, 3.63) is 54.1 Å². The summed E-state index contributed by atoms with van der Waals surface area (Å²) in [6.45, 7) is 1.52. The van der Waals surface area contributed by atoms with Crippen LogP contribution in [0, 0.1) is 6.92 Å². The van der Waals surface area contributed by atoms with Gasteiger partial charge in [0.1, 0.15) is 27.8 Å². The number of hydrogen-bond acceptors (Lipinski definition) is 6. The molecule has 8 heteroatoms. The second-order valence-corrected chi connectivity index (χ2v) is 7.01. The van der Waals surface area contributed by atoms with Gasteiger partial charge >= 0.3 is 0 Å². The molecular formula is C18H16N2O5S. The molecule has 0 saturated carbocycles. The largest absolute Gasteiger partial charge is 0.506 e. The summed E-state index contributed by atoms with van der Waals surface area (Å²) in [5, 5.41) is 20.0. The molecule has 0 unspecified atom stereocenters. The van der Waals surface area contributed by atoms with Crippen molar-refractivity contribution in [3.8, 4) is 11.5 Å². The highest BCUT2D eigenvalue weighted by molar-refractivity contribution is 7.85. The van der Waals surface area contributed by atoms with Crippen molar-refractivity contribution in [2.45, 2.75) is 11.8 Å². The number of azo groups is 1. The van der Waals surface area contributed by atoms with Gasteiger partial charge in [-0.1, -0.05) is 30.3 Å². The van der Waals surface area contributed by atoms with Crippen LogP contribution in [0.3, 0.4) is 0 Å². The van der Waals surface area contributed by atoms with Crippen molar-refractivity contribution in [2.75, 3.05) is 7.11 Å². The van der Waals surface area contributed by atoms with Crippen molar-refractivity contribution in [1.82, 2.24) is 0 Å². The Morgan fingerprint density at radius 2 is 1.77 bits per heavy atom. The maximum Gasteiger partial charge on any atom is 0.294 e. The van der Waals surface area contributed by atoms with Crippen molar-refractivity contribution in [2.24, 2.45) is 10.2 Å². The van der Waals surface area contributed by atoms with Gasteiger partial charge in [-0.15, -0.1) is 10.2 Å². The minimum Gasteiger partial charge on any atom is -0.506 e. The van der Waals surface area contributed by atoms with Crippen LogP contribution < -0.4 is 4.74 Å². The first kappa shape index (κ1) is 17.8. The highest BCUT2D eigenvalue weighted by Crippen LogP contribution is 2.38. The van der Waals surface area contributed by atoms with E-state index >= 15 is 0 Å². The highest BCUT2D eigenvalue weighted by Gasteiger charge is 2.17. The quantitative estimate of drug-likeness (QED) is 0.517. The van der Waals surface area contributed by atoms with Gasteiger partial charge in [0.25, 0.3) is 10.1 Å². The van der Waals surface area contributed by atoms with E-state index in [0.29, 0.717) is 11.3 Å². The van der Waals surface area contributed by atoms with Crippen LogP contribution in [0.15, 0.2) is 63.7 Å². The van der Waals surface area contributed by atoms with Crippen molar-refractivity contribution < 1.29 is 22.8 Å². The summed E-state index contributed by atoms with van der Waals surface area (Å²) in [5.41, 5.74) is 0.857. The highest BCUT2D eigenvalue weighted by atomic mass is 32.2. The molecule has 0 heterocycles. The topological polar surface area (TPSA) is 109 Å². The number of ether oxygens (including phenoxy) is 1. The molecule has 0 radical (unpaired) electrons. The molecule has 3 aromatic rings. The minimum absolute atomic E-state index is 0.0299. The zero-order chi connectivity index (χ0) is 18.9. The maximum atomic E-state index is 11.4. The first-order valence-corrected chi connectivity index (χ1v) is 9.04. The normalized spacial score (nSPS) is 12.0. The van der Waals surface area contributed by atoms with Gasteiger partial charge in [-0.3, -0.25) is 4.55 Å². The summed E-state index contributed by atoms with van der Waals surface area (Å²) in [6, 6.07) is 13.3. The van der Waals surface area contributed by atoms with Gasteiger partial charge in [0.05, 0.1) is 7.11 Å². The molecule has 3 rings (SSSR count). The van der Waals surface area contributed by atoms with Crippen LogP contribution >= 0.6 is 0 Å². The number of phenolic OH excluding ortho intramolecular Hbond substituents is 1.